The Hall–Kier alpha value is -1.07. The molecule has 19 heavy (non-hydrogen) atoms. The maximum absolute atomic E-state index is 11.8. The Morgan fingerprint density at radius 2 is 2.00 bits per heavy atom. The molecule has 1 aromatic carbocycles. The largest absolute Gasteiger partial charge is 0.326 e. The van der Waals surface area contributed by atoms with Crippen LogP contribution in [0.4, 0.5) is 5.69 Å². The Labute approximate surface area is 118 Å². The van der Waals surface area contributed by atoms with Crippen molar-refractivity contribution in [2.24, 2.45) is 5.92 Å². The Kier molecular flexibility index (Phi) is 4.47. The van der Waals surface area contributed by atoms with Crippen LogP contribution in [0.5, 0.6) is 0 Å². The molecule has 1 N–H and O–H groups in total. The monoisotopic (exact) mass is 301 g/mol. The first-order chi connectivity index (χ1) is 8.94. The van der Waals surface area contributed by atoms with Crippen LogP contribution < -0.4 is 5.32 Å². The van der Waals surface area contributed by atoms with Gasteiger partial charge in [0.25, 0.3) is 0 Å². The average Bonchev–Trinajstić information content (AvgIpc) is 2.30. The number of nitrogens with one attached hydrogen (secondary N) is 1. The molecule has 1 unspecified atom stereocenters. The van der Waals surface area contributed by atoms with Gasteiger partial charge in [-0.3, -0.25) is 4.79 Å². The van der Waals surface area contributed by atoms with Crippen LogP contribution in [0, 0.1) is 5.92 Å². The minimum absolute atomic E-state index is 0.0638. The van der Waals surface area contributed by atoms with Gasteiger partial charge in [-0.2, -0.15) is 0 Å². The third-order valence-electron chi connectivity index (χ3n) is 3.16. The van der Waals surface area contributed by atoms with Gasteiger partial charge in [0.05, 0.1) is 11.5 Å². The summed E-state index contributed by atoms with van der Waals surface area (Å²) in [5.74, 6) is 0.166. The summed E-state index contributed by atoms with van der Waals surface area (Å²) in [6.45, 7) is 0. The summed E-state index contributed by atoms with van der Waals surface area (Å²) >= 11 is 5.76. The van der Waals surface area contributed by atoms with Crippen molar-refractivity contribution in [1.29, 1.82) is 0 Å². The van der Waals surface area contributed by atoms with Crippen molar-refractivity contribution < 1.29 is 13.2 Å². The predicted octanol–water partition coefficient (Wildman–Crippen LogP) is 2.49. The molecule has 0 radical (unpaired) electrons. The van der Waals surface area contributed by atoms with Crippen molar-refractivity contribution in [3.8, 4) is 0 Å². The number of sulfone groups is 1. The number of hydrogen-bond acceptors (Lipinski definition) is 3. The van der Waals surface area contributed by atoms with E-state index in [1.807, 2.05) is 0 Å². The van der Waals surface area contributed by atoms with E-state index in [1.165, 1.54) is 0 Å². The first-order valence-electron chi connectivity index (χ1n) is 6.20. The lowest BCUT2D eigenvalue weighted by Crippen LogP contribution is -2.28. The second-order valence-electron chi connectivity index (χ2n) is 4.88. The van der Waals surface area contributed by atoms with Crippen molar-refractivity contribution in [3.05, 3.63) is 29.3 Å². The number of benzene rings is 1. The van der Waals surface area contributed by atoms with Crippen LogP contribution in [0.15, 0.2) is 24.3 Å². The molecule has 2 rings (SSSR count). The highest BCUT2D eigenvalue weighted by Crippen LogP contribution is 2.22. The highest BCUT2D eigenvalue weighted by Gasteiger charge is 2.26. The molecule has 1 aliphatic rings. The summed E-state index contributed by atoms with van der Waals surface area (Å²) in [6.07, 6.45) is 1.70. The molecule has 1 aliphatic heterocycles. The van der Waals surface area contributed by atoms with Crippen molar-refractivity contribution >= 4 is 33.0 Å². The molecule has 1 aromatic rings. The van der Waals surface area contributed by atoms with Crippen LogP contribution in [0.25, 0.3) is 0 Å². The van der Waals surface area contributed by atoms with Crippen LogP contribution in [-0.2, 0) is 14.6 Å². The van der Waals surface area contributed by atoms with Crippen LogP contribution in [-0.4, -0.2) is 25.8 Å². The Bertz CT molecular complexity index is 554. The Balaban J connectivity index is 1.89. The molecular formula is C13H16ClNO3S. The number of amides is 1. The van der Waals surface area contributed by atoms with Gasteiger partial charge in [-0.05, 0) is 43.0 Å². The fourth-order valence-electron chi connectivity index (χ4n) is 2.29. The normalized spacial score (nSPS) is 21.8. The second kappa shape index (κ2) is 5.92. The molecule has 6 heteroatoms. The Morgan fingerprint density at radius 3 is 2.63 bits per heavy atom. The number of carbonyl (C=O) groups is 1. The molecule has 1 atom stereocenters. The van der Waals surface area contributed by atoms with Gasteiger partial charge in [-0.15, -0.1) is 0 Å². The van der Waals surface area contributed by atoms with E-state index in [4.69, 9.17) is 11.6 Å². The number of carbonyl (C=O) groups excluding carboxylic acids is 1. The van der Waals surface area contributed by atoms with Crippen LogP contribution >= 0.6 is 11.6 Å². The van der Waals surface area contributed by atoms with Gasteiger partial charge in [-0.25, -0.2) is 8.42 Å². The van der Waals surface area contributed by atoms with Gasteiger partial charge in [0.1, 0.15) is 0 Å². The van der Waals surface area contributed by atoms with E-state index >= 15 is 0 Å². The minimum Gasteiger partial charge on any atom is -0.326 e. The van der Waals surface area contributed by atoms with Crippen LogP contribution in [0.1, 0.15) is 19.3 Å². The SMILES string of the molecule is O=C(CC1CCCS(=O)(=O)C1)Nc1ccc(Cl)cc1. The lowest BCUT2D eigenvalue weighted by atomic mass is 10.0. The van der Waals surface area contributed by atoms with Crippen molar-refractivity contribution in [3.63, 3.8) is 0 Å². The maximum Gasteiger partial charge on any atom is 0.224 e. The zero-order chi connectivity index (χ0) is 13.9. The van der Waals surface area contributed by atoms with E-state index in [0.717, 1.165) is 6.42 Å². The molecule has 1 heterocycles. The molecule has 4 nitrogen and oxygen atoms in total. The molecule has 0 saturated carbocycles. The van der Waals surface area contributed by atoms with E-state index < -0.39 is 9.84 Å². The molecule has 1 amide bonds. The van der Waals surface area contributed by atoms with Crippen molar-refractivity contribution in [1.82, 2.24) is 0 Å². The Morgan fingerprint density at radius 1 is 1.32 bits per heavy atom. The summed E-state index contributed by atoms with van der Waals surface area (Å²) in [6, 6.07) is 6.83. The van der Waals surface area contributed by atoms with Gasteiger partial charge in [0.2, 0.25) is 5.91 Å². The summed E-state index contributed by atoms with van der Waals surface area (Å²) < 4.78 is 23.0. The van der Waals surface area contributed by atoms with Crippen molar-refractivity contribution in [2.75, 3.05) is 16.8 Å². The molecular weight excluding hydrogens is 286 g/mol. The summed E-state index contributed by atoms with van der Waals surface area (Å²) in [5.41, 5.74) is 0.674. The molecule has 0 bridgehead atoms. The van der Waals surface area contributed by atoms with Gasteiger partial charge >= 0.3 is 0 Å². The van der Waals surface area contributed by atoms with Crippen molar-refractivity contribution in [2.45, 2.75) is 19.3 Å². The summed E-state index contributed by atoms with van der Waals surface area (Å²) in [5, 5.41) is 3.36. The van der Waals surface area contributed by atoms with Gasteiger partial charge in [0.15, 0.2) is 9.84 Å². The topological polar surface area (TPSA) is 63.2 Å². The summed E-state index contributed by atoms with van der Waals surface area (Å²) in [7, 11) is -2.95. The second-order valence-corrected chi connectivity index (χ2v) is 7.55. The average molecular weight is 302 g/mol. The van der Waals surface area contributed by atoms with E-state index in [0.29, 0.717) is 17.1 Å². The molecule has 104 valence electrons. The highest BCUT2D eigenvalue weighted by atomic mass is 35.5. The molecule has 0 spiro atoms. The lowest BCUT2D eigenvalue weighted by Gasteiger charge is -2.21. The number of halogens is 1. The molecule has 0 aliphatic carbocycles. The van der Waals surface area contributed by atoms with E-state index in [-0.39, 0.29) is 29.8 Å². The fourth-order valence-corrected chi connectivity index (χ4v) is 4.19. The number of hydrogen-bond donors (Lipinski definition) is 1. The first kappa shape index (κ1) is 14.3. The number of anilines is 1. The zero-order valence-corrected chi connectivity index (χ0v) is 12.0. The number of rotatable bonds is 3. The van der Waals surface area contributed by atoms with Crippen LogP contribution in [0.3, 0.4) is 0 Å². The molecule has 0 aromatic heterocycles. The third-order valence-corrected chi connectivity index (χ3v) is 5.30. The summed E-state index contributed by atoms with van der Waals surface area (Å²) in [4.78, 5) is 11.8. The smallest absolute Gasteiger partial charge is 0.224 e. The maximum atomic E-state index is 11.8. The van der Waals surface area contributed by atoms with E-state index in [2.05, 4.69) is 5.32 Å². The molecule has 1 saturated heterocycles. The highest BCUT2D eigenvalue weighted by molar-refractivity contribution is 7.91. The van der Waals surface area contributed by atoms with Crippen LogP contribution in [0.2, 0.25) is 5.02 Å². The van der Waals surface area contributed by atoms with Gasteiger partial charge < -0.3 is 5.32 Å². The quantitative estimate of drug-likeness (QED) is 0.933. The fraction of sp³-hybridized carbons (Fsp3) is 0.462. The first-order valence-corrected chi connectivity index (χ1v) is 8.40. The minimum atomic E-state index is -2.95. The van der Waals surface area contributed by atoms with Gasteiger partial charge in [0, 0.05) is 17.1 Å². The van der Waals surface area contributed by atoms with E-state index in [9.17, 15) is 13.2 Å². The van der Waals surface area contributed by atoms with E-state index in [1.54, 1.807) is 24.3 Å². The predicted molar refractivity (Wildman–Crippen MR) is 76.1 cm³/mol. The van der Waals surface area contributed by atoms with Gasteiger partial charge in [-0.1, -0.05) is 11.6 Å². The lowest BCUT2D eigenvalue weighted by molar-refractivity contribution is -0.117. The third kappa shape index (κ3) is 4.51. The standard InChI is InChI=1S/C13H16ClNO3S/c14-11-3-5-12(6-4-11)15-13(16)8-10-2-1-7-19(17,18)9-10/h3-6,10H,1-2,7-9H2,(H,15,16). The zero-order valence-electron chi connectivity index (χ0n) is 10.4. The molecule has 1 fully saturated rings.